The summed E-state index contributed by atoms with van der Waals surface area (Å²) in [7, 11) is 1.59. The van der Waals surface area contributed by atoms with Gasteiger partial charge in [-0.15, -0.1) is 0 Å². The molecule has 0 atom stereocenters. The average molecular weight is 267 g/mol. The van der Waals surface area contributed by atoms with Crippen molar-refractivity contribution in [1.82, 2.24) is 9.97 Å². The number of aromatic nitrogens is 2. The number of nitrogens with one attached hydrogen (secondary N) is 1. The summed E-state index contributed by atoms with van der Waals surface area (Å²) >= 11 is 11.1. The zero-order valence-electron chi connectivity index (χ0n) is 9.45. The summed E-state index contributed by atoms with van der Waals surface area (Å²) in [5.74, 6) is 0.639. The van der Waals surface area contributed by atoms with Crippen LogP contribution >= 0.6 is 23.8 Å². The Hall–Kier alpha value is -1.39. The van der Waals surface area contributed by atoms with Crippen LogP contribution in [0.1, 0.15) is 5.56 Å². The Morgan fingerprint density at radius 1 is 1.41 bits per heavy atom. The van der Waals surface area contributed by atoms with E-state index in [4.69, 9.17) is 28.6 Å². The van der Waals surface area contributed by atoms with Gasteiger partial charge in [-0.05, 0) is 19.1 Å². The lowest BCUT2D eigenvalue weighted by molar-refractivity contribution is 0.415. The van der Waals surface area contributed by atoms with E-state index in [0.717, 1.165) is 16.8 Å². The number of ether oxygens (including phenoxy) is 1. The smallest absolute Gasteiger partial charge is 0.138 e. The quantitative estimate of drug-likeness (QED) is 0.841. The average Bonchev–Trinajstić information content (AvgIpc) is 2.34. The molecule has 0 aliphatic heterocycles. The highest BCUT2D eigenvalue weighted by Crippen LogP contribution is 2.30. The molecule has 1 aromatic carbocycles. The van der Waals surface area contributed by atoms with E-state index in [0.29, 0.717) is 15.4 Å². The molecule has 0 bridgehead atoms. The molecule has 0 saturated heterocycles. The highest BCUT2D eigenvalue weighted by molar-refractivity contribution is 7.71. The van der Waals surface area contributed by atoms with Gasteiger partial charge in [-0.3, -0.25) is 0 Å². The molecule has 88 valence electrons. The molecule has 1 heterocycles. The predicted molar refractivity (Wildman–Crippen MR) is 71.2 cm³/mol. The van der Waals surface area contributed by atoms with Crippen molar-refractivity contribution >= 4 is 23.8 Å². The maximum atomic E-state index is 5.99. The first-order chi connectivity index (χ1) is 8.13. The van der Waals surface area contributed by atoms with Crippen LogP contribution in [0.25, 0.3) is 11.3 Å². The SMILES string of the molecule is COc1cc(-c2[nH]cnc(=S)c2C)ccc1Cl. The Balaban J connectivity index is 2.61. The van der Waals surface area contributed by atoms with Gasteiger partial charge in [-0.1, -0.05) is 29.9 Å². The van der Waals surface area contributed by atoms with Crippen LogP contribution in [-0.4, -0.2) is 17.1 Å². The Morgan fingerprint density at radius 2 is 2.18 bits per heavy atom. The van der Waals surface area contributed by atoms with Crippen molar-refractivity contribution in [3.8, 4) is 17.0 Å². The molecule has 3 nitrogen and oxygen atoms in total. The third kappa shape index (κ3) is 2.33. The molecule has 0 aliphatic carbocycles. The number of methoxy groups -OCH3 is 1. The lowest BCUT2D eigenvalue weighted by Gasteiger charge is -2.08. The molecule has 0 aliphatic rings. The van der Waals surface area contributed by atoms with E-state index in [2.05, 4.69) is 9.97 Å². The molecule has 0 radical (unpaired) electrons. The summed E-state index contributed by atoms with van der Waals surface area (Å²) in [6.07, 6.45) is 1.59. The van der Waals surface area contributed by atoms with Gasteiger partial charge in [0.1, 0.15) is 10.4 Å². The van der Waals surface area contributed by atoms with Crippen LogP contribution in [0.3, 0.4) is 0 Å². The van der Waals surface area contributed by atoms with E-state index in [1.54, 1.807) is 19.5 Å². The molecule has 0 fully saturated rings. The molecule has 1 aromatic heterocycles. The molecule has 2 rings (SSSR count). The van der Waals surface area contributed by atoms with Crippen molar-refractivity contribution in [2.75, 3.05) is 7.11 Å². The minimum atomic E-state index is 0.585. The van der Waals surface area contributed by atoms with Crippen molar-refractivity contribution in [3.63, 3.8) is 0 Å². The molecular formula is C12H11ClN2OS. The van der Waals surface area contributed by atoms with Gasteiger partial charge in [0.15, 0.2) is 0 Å². The number of aromatic amines is 1. The second-order valence-corrected chi connectivity index (χ2v) is 4.35. The van der Waals surface area contributed by atoms with E-state index >= 15 is 0 Å². The van der Waals surface area contributed by atoms with Crippen molar-refractivity contribution < 1.29 is 4.74 Å². The number of rotatable bonds is 2. The van der Waals surface area contributed by atoms with Crippen LogP contribution in [0, 0.1) is 11.6 Å². The second-order valence-electron chi connectivity index (χ2n) is 3.56. The van der Waals surface area contributed by atoms with Gasteiger partial charge in [0, 0.05) is 11.1 Å². The molecule has 17 heavy (non-hydrogen) atoms. The zero-order chi connectivity index (χ0) is 12.4. The van der Waals surface area contributed by atoms with Gasteiger partial charge in [0.2, 0.25) is 0 Å². The number of nitrogens with zero attached hydrogens (tertiary/aromatic N) is 1. The molecule has 2 aromatic rings. The molecule has 0 amide bonds. The standard InChI is InChI=1S/C12H11ClN2OS/c1-7-11(14-6-15-12(7)17)8-3-4-9(13)10(5-8)16-2/h3-6H,1-2H3,(H,14,15,17). The highest BCUT2D eigenvalue weighted by Gasteiger charge is 2.07. The first-order valence-corrected chi connectivity index (χ1v) is 5.80. The lowest BCUT2D eigenvalue weighted by atomic mass is 10.1. The summed E-state index contributed by atoms with van der Waals surface area (Å²) in [5.41, 5.74) is 2.84. The van der Waals surface area contributed by atoms with Crippen LogP contribution in [0.15, 0.2) is 24.5 Å². The largest absolute Gasteiger partial charge is 0.495 e. The summed E-state index contributed by atoms with van der Waals surface area (Å²) in [6, 6.07) is 5.58. The minimum Gasteiger partial charge on any atom is -0.495 e. The number of H-pyrrole nitrogens is 1. The normalized spacial score (nSPS) is 10.3. The Morgan fingerprint density at radius 3 is 2.88 bits per heavy atom. The maximum absolute atomic E-state index is 5.99. The van der Waals surface area contributed by atoms with E-state index in [1.165, 1.54) is 0 Å². The van der Waals surface area contributed by atoms with Crippen LogP contribution in [0.5, 0.6) is 5.75 Å². The Kier molecular flexibility index (Phi) is 3.45. The fraction of sp³-hybridized carbons (Fsp3) is 0.167. The monoisotopic (exact) mass is 266 g/mol. The number of hydrogen-bond acceptors (Lipinski definition) is 3. The fourth-order valence-electron chi connectivity index (χ4n) is 1.58. The number of hydrogen-bond donors (Lipinski definition) is 1. The fourth-order valence-corrected chi connectivity index (χ4v) is 1.93. The summed E-state index contributed by atoms with van der Waals surface area (Å²) < 4.78 is 5.78. The van der Waals surface area contributed by atoms with Crippen molar-refractivity contribution in [2.24, 2.45) is 0 Å². The van der Waals surface area contributed by atoms with Crippen molar-refractivity contribution in [1.29, 1.82) is 0 Å². The van der Waals surface area contributed by atoms with Crippen molar-refractivity contribution in [3.05, 3.63) is 39.8 Å². The van der Waals surface area contributed by atoms with Gasteiger partial charge in [0.25, 0.3) is 0 Å². The summed E-state index contributed by atoms with van der Waals surface area (Å²) in [6.45, 7) is 1.93. The lowest BCUT2D eigenvalue weighted by Crippen LogP contribution is -1.92. The topological polar surface area (TPSA) is 37.9 Å². The highest BCUT2D eigenvalue weighted by atomic mass is 35.5. The first kappa shape index (κ1) is 12.1. The molecule has 0 unspecified atom stereocenters. The van der Waals surface area contributed by atoms with E-state index < -0.39 is 0 Å². The third-order valence-corrected chi connectivity index (χ3v) is 3.25. The Labute approximate surface area is 109 Å². The zero-order valence-corrected chi connectivity index (χ0v) is 11.0. The van der Waals surface area contributed by atoms with E-state index in [9.17, 15) is 0 Å². The second kappa shape index (κ2) is 4.85. The first-order valence-electron chi connectivity index (χ1n) is 5.01. The molecule has 0 saturated carbocycles. The maximum Gasteiger partial charge on any atom is 0.138 e. The van der Waals surface area contributed by atoms with Crippen molar-refractivity contribution in [2.45, 2.75) is 6.92 Å². The van der Waals surface area contributed by atoms with Crippen LogP contribution in [0.2, 0.25) is 5.02 Å². The van der Waals surface area contributed by atoms with Gasteiger partial charge in [0.05, 0.1) is 24.2 Å². The predicted octanol–water partition coefficient (Wildman–Crippen LogP) is 3.78. The molecule has 1 N–H and O–H groups in total. The van der Waals surface area contributed by atoms with E-state index in [1.807, 2.05) is 19.1 Å². The van der Waals surface area contributed by atoms with Crippen LogP contribution in [-0.2, 0) is 0 Å². The van der Waals surface area contributed by atoms with Crippen LogP contribution < -0.4 is 4.74 Å². The summed E-state index contributed by atoms with van der Waals surface area (Å²) in [4.78, 5) is 7.12. The number of halogens is 1. The molecular weight excluding hydrogens is 256 g/mol. The summed E-state index contributed by atoms with van der Waals surface area (Å²) in [5, 5.41) is 0.585. The minimum absolute atomic E-state index is 0.585. The number of benzene rings is 1. The third-order valence-electron chi connectivity index (χ3n) is 2.53. The molecule has 5 heteroatoms. The van der Waals surface area contributed by atoms with Gasteiger partial charge >= 0.3 is 0 Å². The van der Waals surface area contributed by atoms with Gasteiger partial charge in [-0.25, -0.2) is 4.98 Å². The molecule has 0 spiro atoms. The van der Waals surface area contributed by atoms with Gasteiger partial charge < -0.3 is 9.72 Å². The van der Waals surface area contributed by atoms with E-state index in [-0.39, 0.29) is 0 Å². The Bertz CT molecular complexity index is 610. The van der Waals surface area contributed by atoms with Crippen LogP contribution in [0.4, 0.5) is 0 Å². The van der Waals surface area contributed by atoms with Gasteiger partial charge in [-0.2, -0.15) is 0 Å².